The van der Waals surface area contributed by atoms with Crippen molar-refractivity contribution in [3.63, 3.8) is 0 Å². The van der Waals surface area contributed by atoms with Gasteiger partial charge in [-0.05, 0) is 42.0 Å². The second-order valence-electron chi connectivity index (χ2n) is 8.74. The fraction of sp³-hybridized carbons (Fsp3) is 0.545. The number of allylic oxidation sites excluding steroid dienone is 1. The van der Waals surface area contributed by atoms with Crippen LogP contribution < -0.4 is 10.6 Å². The highest BCUT2D eigenvalue weighted by molar-refractivity contribution is 9.10. The van der Waals surface area contributed by atoms with Crippen LogP contribution in [0.3, 0.4) is 0 Å². The number of anilines is 1. The van der Waals surface area contributed by atoms with Gasteiger partial charge in [0.25, 0.3) is 5.91 Å². The summed E-state index contributed by atoms with van der Waals surface area (Å²) in [5.74, 6) is -1.14. The van der Waals surface area contributed by atoms with Gasteiger partial charge in [-0.25, -0.2) is 0 Å². The summed E-state index contributed by atoms with van der Waals surface area (Å²) in [5.41, 5.74) is 1.38. The number of ether oxygens (including phenoxy) is 1. The molecule has 0 spiro atoms. The summed E-state index contributed by atoms with van der Waals surface area (Å²) in [7, 11) is 1.21. The van der Waals surface area contributed by atoms with Crippen molar-refractivity contribution in [3.8, 4) is 0 Å². The highest BCUT2D eigenvalue weighted by atomic mass is 79.9. The number of fused-ring (bicyclic) bond motifs is 1. The summed E-state index contributed by atoms with van der Waals surface area (Å²) >= 11 is 3.40. The maximum atomic E-state index is 12.7. The van der Waals surface area contributed by atoms with Crippen LogP contribution >= 0.6 is 15.9 Å². The van der Waals surface area contributed by atoms with Crippen LogP contribution in [0.4, 0.5) is 5.69 Å². The lowest BCUT2D eigenvalue weighted by Crippen LogP contribution is -2.55. The Bertz CT molecular complexity index is 823. The highest BCUT2D eigenvalue weighted by Crippen LogP contribution is 2.26. The van der Waals surface area contributed by atoms with Gasteiger partial charge in [0, 0.05) is 17.3 Å². The van der Waals surface area contributed by atoms with E-state index in [1.807, 2.05) is 32.9 Å². The minimum Gasteiger partial charge on any atom is -0.387 e. The van der Waals surface area contributed by atoms with Crippen LogP contribution in [0.25, 0.3) is 0 Å². The summed E-state index contributed by atoms with van der Waals surface area (Å²) in [6, 6.07) is 4.67. The molecule has 2 rings (SSSR count). The van der Waals surface area contributed by atoms with Crippen LogP contribution in [0, 0.1) is 5.41 Å². The monoisotopic (exact) mass is 498 g/mol. The zero-order valence-corrected chi connectivity index (χ0v) is 19.7. The van der Waals surface area contributed by atoms with Crippen molar-refractivity contribution in [1.29, 1.82) is 0 Å². The summed E-state index contributed by atoms with van der Waals surface area (Å²) < 4.78 is 5.97. The quantitative estimate of drug-likeness (QED) is 0.362. The molecule has 31 heavy (non-hydrogen) atoms. The molecule has 0 radical (unpaired) electrons. The molecule has 1 aliphatic rings. The molecule has 0 saturated heterocycles. The van der Waals surface area contributed by atoms with E-state index in [9.17, 15) is 24.9 Å². The van der Waals surface area contributed by atoms with Gasteiger partial charge in [0.15, 0.2) is 6.10 Å². The van der Waals surface area contributed by atoms with Gasteiger partial charge in [-0.1, -0.05) is 48.9 Å². The van der Waals surface area contributed by atoms with Crippen molar-refractivity contribution in [2.45, 2.75) is 64.1 Å². The lowest BCUT2D eigenvalue weighted by Gasteiger charge is -2.28. The molecule has 0 unspecified atom stereocenters. The molecule has 0 aliphatic carbocycles. The molecule has 0 saturated carbocycles. The second kappa shape index (κ2) is 10.7. The fourth-order valence-electron chi connectivity index (χ4n) is 3.22. The molecular weight excluding hydrogens is 468 g/mol. The first kappa shape index (κ1) is 25.5. The average molecular weight is 499 g/mol. The molecule has 5 atom stereocenters. The second-order valence-corrected chi connectivity index (χ2v) is 9.66. The molecule has 0 bridgehead atoms. The Morgan fingerprint density at radius 3 is 2.58 bits per heavy atom. The van der Waals surface area contributed by atoms with E-state index in [1.54, 1.807) is 12.1 Å². The topological polar surface area (TPSA) is 128 Å². The van der Waals surface area contributed by atoms with E-state index >= 15 is 0 Å². The minimum absolute atomic E-state index is 0.232. The smallest absolute Gasteiger partial charge is 0.252 e. The number of rotatable bonds is 7. The zero-order valence-electron chi connectivity index (χ0n) is 18.1. The average Bonchev–Trinajstić information content (AvgIpc) is 2.84. The van der Waals surface area contributed by atoms with E-state index in [4.69, 9.17) is 4.74 Å². The van der Waals surface area contributed by atoms with Gasteiger partial charge in [-0.2, -0.15) is 0 Å². The third-order valence-corrected chi connectivity index (χ3v) is 5.47. The molecule has 1 aromatic rings. The summed E-state index contributed by atoms with van der Waals surface area (Å²) in [5, 5.41) is 36.2. The number of aliphatic hydroxyl groups is 3. The molecule has 172 valence electrons. The molecule has 9 heteroatoms. The maximum absolute atomic E-state index is 12.7. The maximum Gasteiger partial charge on any atom is 0.252 e. The van der Waals surface area contributed by atoms with Crippen LogP contribution in [-0.2, 0) is 20.7 Å². The van der Waals surface area contributed by atoms with Gasteiger partial charge >= 0.3 is 0 Å². The Morgan fingerprint density at radius 2 is 1.97 bits per heavy atom. The van der Waals surface area contributed by atoms with Crippen molar-refractivity contribution >= 4 is 33.4 Å². The molecule has 0 aromatic heterocycles. The molecular formula is C22H31BrN2O6. The number of methoxy groups -OCH3 is 1. The molecule has 2 amide bonds. The van der Waals surface area contributed by atoms with Crippen molar-refractivity contribution in [3.05, 3.63) is 40.4 Å². The van der Waals surface area contributed by atoms with Crippen molar-refractivity contribution in [2.24, 2.45) is 5.41 Å². The van der Waals surface area contributed by atoms with Gasteiger partial charge in [0.1, 0.15) is 24.4 Å². The minimum atomic E-state index is -1.70. The Kier molecular flexibility index (Phi) is 8.79. The van der Waals surface area contributed by atoms with E-state index in [2.05, 4.69) is 26.6 Å². The number of carbonyl (C=O) groups is 2. The van der Waals surface area contributed by atoms with Crippen molar-refractivity contribution in [2.75, 3.05) is 12.4 Å². The predicted octanol–water partition coefficient (Wildman–Crippen LogP) is 1.52. The lowest BCUT2D eigenvalue weighted by atomic mass is 9.94. The molecule has 1 aliphatic heterocycles. The first-order valence-corrected chi connectivity index (χ1v) is 10.9. The SMILES string of the molecule is CO[C@@H](C(=O)N[C@@H]1CCc2cc(Br)ccc2NC1=O)[C@H](O)[C@@H](O)[C@H](O)C=CC(C)(C)C. The summed E-state index contributed by atoms with van der Waals surface area (Å²) in [6.45, 7) is 5.75. The Morgan fingerprint density at radius 1 is 1.29 bits per heavy atom. The van der Waals surface area contributed by atoms with Gasteiger partial charge in [-0.3, -0.25) is 9.59 Å². The number of aliphatic hydroxyl groups excluding tert-OH is 3. The molecule has 5 N–H and O–H groups in total. The van der Waals surface area contributed by atoms with E-state index in [0.29, 0.717) is 18.5 Å². The fourth-order valence-corrected chi connectivity index (χ4v) is 3.63. The molecule has 1 aromatic carbocycles. The first-order valence-electron chi connectivity index (χ1n) is 10.1. The Labute approximate surface area is 190 Å². The third-order valence-electron chi connectivity index (χ3n) is 4.98. The predicted molar refractivity (Wildman–Crippen MR) is 120 cm³/mol. The first-order chi connectivity index (χ1) is 14.4. The van der Waals surface area contributed by atoms with Crippen molar-refractivity contribution in [1.82, 2.24) is 5.32 Å². The van der Waals surface area contributed by atoms with Gasteiger partial charge in [0.05, 0.1) is 0 Å². The molecule has 1 heterocycles. The van der Waals surface area contributed by atoms with E-state index in [1.165, 1.54) is 13.2 Å². The number of benzene rings is 1. The number of nitrogens with one attached hydrogen (secondary N) is 2. The zero-order chi connectivity index (χ0) is 23.3. The van der Waals surface area contributed by atoms with Crippen molar-refractivity contribution < 1.29 is 29.6 Å². The van der Waals surface area contributed by atoms with Gasteiger partial charge in [0.2, 0.25) is 5.91 Å². The van der Waals surface area contributed by atoms with Crippen LogP contribution in [0.1, 0.15) is 32.8 Å². The van der Waals surface area contributed by atoms with Gasteiger partial charge in [-0.15, -0.1) is 0 Å². The van der Waals surface area contributed by atoms with E-state index < -0.39 is 36.4 Å². The number of hydrogen-bond donors (Lipinski definition) is 5. The number of carbonyl (C=O) groups excluding carboxylic acids is 2. The third kappa shape index (κ3) is 7.11. The van der Waals surface area contributed by atoms with Crippen LogP contribution in [0.5, 0.6) is 0 Å². The van der Waals surface area contributed by atoms with Crippen LogP contribution in [0.15, 0.2) is 34.8 Å². The van der Waals surface area contributed by atoms with Gasteiger partial charge < -0.3 is 30.7 Å². The van der Waals surface area contributed by atoms with Crippen LogP contribution in [0.2, 0.25) is 0 Å². The summed E-state index contributed by atoms with van der Waals surface area (Å²) in [6.07, 6.45) is -2.25. The number of amides is 2. The van der Waals surface area contributed by atoms with E-state index in [-0.39, 0.29) is 11.3 Å². The Hall–Kier alpha value is -1.78. The molecule has 8 nitrogen and oxygen atoms in total. The number of aryl methyl sites for hydroxylation is 1. The standard InChI is InChI=1S/C22H31BrN2O6/c1-22(2,3)10-9-16(26)17(27)18(28)19(31-4)21(30)25-15-7-5-12-11-13(23)6-8-14(12)24-20(15)29/h6,8-11,15-19,26-28H,5,7H2,1-4H3,(H,24,29)(H,25,30)/t15-,16-,17+,18-,19-/m1/s1. The highest BCUT2D eigenvalue weighted by Gasteiger charge is 2.37. The number of hydrogen-bond acceptors (Lipinski definition) is 6. The summed E-state index contributed by atoms with van der Waals surface area (Å²) in [4.78, 5) is 25.3. The Balaban J connectivity index is 2.05. The van der Waals surface area contributed by atoms with Crippen LogP contribution in [-0.4, -0.2) is 64.7 Å². The largest absolute Gasteiger partial charge is 0.387 e. The normalized spacial score (nSPS) is 20.9. The lowest BCUT2D eigenvalue weighted by molar-refractivity contribution is -0.150. The molecule has 0 fully saturated rings. The number of halogens is 1. The van der Waals surface area contributed by atoms with E-state index in [0.717, 1.165) is 10.0 Å².